The summed E-state index contributed by atoms with van der Waals surface area (Å²) < 4.78 is 5.41. The number of hydrogen-bond donors (Lipinski definition) is 2. The Hall–Kier alpha value is -2.04. The lowest BCUT2D eigenvalue weighted by Crippen LogP contribution is -2.44. The average molecular weight is 279 g/mol. The van der Waals surface area contributed by atoms with Gasteiger partial charge in [-0.3, -0.25) is 9.59 Å². The minimum absolute atomic E-state index is 0.125. The van der Waals surface area contributed by atoms with Gasteiger partial charge >= 0.3 is 5.97 Å². The highest BCUT2D eigenvalue weighted by Crippen LogP contribution is 2.18. The van der Waals surface area contributed by atoms with Crippen molar-refractivity contribution in [1.29, 1.82) is 0 Å². The van der Waals surface area contributed by atoms with Gasteiger partial charge in [0.2, 0.25) is 0 Å². The molecule has 110 valence electrons. The summed E-state index contributed by atoms with van der Waals surface area (Å²) in [6.07, 6.45) is 0.687. The first kappa shape index (κ1) is 16.0. The second kappa shape index (κ2) is 6.93. The van der Waals surface area contributed by atoms with Crippen LogP contribution in [0.25, 0.3) is 0 Å². The van der Waals surface area contributed by atoms with Crippen LogP contribution in [-0.2, 0) is 16.0 Å². The number of carboxylic acids is 1. The van der Waals surface area contributed by atoms with E-state index in [0.717, 1.165) is 6.42 Å². The Labute approximate surface area is 118 Å². The molecule has 1 aromatic carbocycles. The Morgan fingerprint density at radius 2 is 1.95 bits per heavy atom. The Bertz CT molecular complexity index is 483. The fourth-order valence-corrected chi connectivity index (χ4v) is 1.60. The molecule has 5 nitrogen and oxygen atoms in total. The third-order valence-corrected chi connectivity index (χ3v) is 3.03. The minimum atomic E-state index is -0.933. The average Bonchev–Trinajstić information content (AvgIpc) is 2.36. The number of amides is 1. The number of aliphatic carboxylic acids is 1. The molecule has 0 aliphatic heterocycles. The van der Waals surface area contributed by atoms with Gasteiger partial charge in [0.1, 0.15) is 5.75 Å². The predicted molar refractivity (Wildman–Crippen MR) is 75.8 cm³/mol. The number of ether oxygens (including phenoxy) is 1. The number of carboxylic acid groups (broad SMARTS) is 1. The Morgan fingerprint density at radius 1 is 1.30 bits per heavy atom. The normalized spacial score (nSPS) is 10.9. The number of nitrogens with one attached hydrogen (secondary N) is 1. The largest absolute Gasteiger partial charge is 0.483 e. The van der Waals surface area contributed by atoms with E-state index in [1.54, 1.807) is 24.3 Å². The molecule has 0 unspecified atom stereocenters. The van der Waals surface area contributed by atoms with Crippen molar-refractivity contribution in [2.45, 2.75) is 39.2 Å². The number of hydrogen-bond acceptors (Lipinski definition) is 3. The number of benzene rings is 1. The number of carbonyl (C=O) groups excluding carboxylic acids is 1. The van der Waals surface area contributed by atoms with Crippen LogP contribution in [0, 0.1) is 0 Å². The second-order valence-electron chi connectivity index (χ2n) is 5.25. The van der Waals surface area contributed by atoms with Crippen LogP contribution in [0.3, 0.4) is 0 Å². The van der Waals surface area contributed by atoms with Crippen molar-refractivity contribution in [2.75, 3.05) is 6.61 Å². The van der Waals surface area contributed by atoms with Crippen molar-refractivity contribution in [1.82, 2.24) is 5.32 Å². The maximum atomic E-state index is 11.8. The van der Waals surface area contributed by atoms with E-state index in [-0.39, 0.29) is 24.5 Å². The van der Waals surface area contributed by atoms with Crippen LogP contribution in [0.2, 0.25) is 0 Å². The summed E-state index contributed by atoms with van der Waals surface area (Å²) in [6.45, 7) is 5.73. The van der Waals surface area contributed by atoms with Gasteiger partial charge in [0.15, 0.2) is 6.61 Å². The Balaban J connectivity index is 2.61. The van der Waals surface area contributed by atoms with Gasteiger partial charge in [-0.1, -0.05) is 25.1 Å². The molecule has 0 bridgehead atoms. The molecule has 1 amide bonds. The van der Waals surface area contributed by atoms with Crippen molar-refractivity contribution in [3.63, 3.8) is 0 Å². The van der Waals surface area contributed by atoms with Gasteiger partial charge in [0.25, 0.3) is 5.91 Å². The highest BCUT2D eigenvalue weighted by Gasteiger charge is 2.18. The van der Waals surface area contributed by atoms with Crippen LogP contribution in [0.4, 0.5) is 0 Å². The summed E-state index contributed by atoms with van der Waals surface area (Å²) in [5.41, 5.74) is 0.281. The second-order valence-corrected chi connectivity index (χ2v) is 5.25. The summed E-state index contributed by atoms with van der Waals surface area (Å²) in [6, 6.07) is 6.83. The smallest absolute Gasteiger partial charge is 0.307 e. The van der Waals surface area contributed by atoms with Gasteiger partial charge in [-0.05, 0) is 26.3 Å². The standard InChI is InChI=1S/C15H21NO4/c1-4-15(2,3)16-13(17)10-20-12-8-6-5-7-11(12)9-14(18)19/h5-8H,4,9-10H2,1-3H3,(H,16,17)(H,18,19). The van der Waals surface area contributed by atoms with Gasteiger partial charge in [-0.15, -0.1) is 0 Å². The third-order valence-electron chi connectivity index (χ3n) is 3.03. The van der Waals surface area contributed by atoms with Crippen LogP contribution in [-0.4, -0.2) is 29.1 Å². The molecule has 0 atom stereocenters. The maximum Gasteiger partial charge on any atom is 0.307 e. The van der Waals surface area contributed by atoms with Gasteiger partial charge in [-0.25, -0.2) is 0 Å². The number of para-hydroxylation sites is 1. The van der Waals surface area contributed by atoms with E-state index in [9.17, 15) is 9.59 Å². The lowest BCUT2D eigenvalue weighted by atomic mass is 10.0. The maximum absolute atomic E-state index is 11.8. The van der Waals surface area contributed by atoms with E-state index in [2.05, 4.69) is 5.32 Å². The van der Waals surface area contributed by atoms with E-state index in [4.69, 9.17) is 9.84 Å². The summed E-state index contributed by atoms with van der Waals surface area (Å²) in [4.78, 5) is 22.5. The van der Waals surface area contributed by atoms with E-state index >= 15 is 0 Å². The van der Waals surface area contributed by atoms with Crippen molar-refractivity contribution < 1.29 is 19.4 Å². The van der Waals surface area contributed by atoms with Crippen LogP contribution < -0.4 is 10.1 Å². The minimum Gasteiger partial charge on any atom is -0.483 e. The Kier molecular flexibility index (Phi) is 5.55. The zero-order valence-electron chi connectivity index (χ0n) is 12.1. The van der Waals surface area contributed by atoms with E-state index < -0.39 is 5.97 Å². The van der Waals surface area contributed by atoms with E-state index in [1.165, 1.54) is 0 Å². The van der Waals surface area contributed by atoms with E-state index in [1.807, 2.05) is 20.8 Å². The first-order valence-corrected chi connectivity index (χ1v) is 6.57. The molecular weight excluding hydrogens is 258 g/mol. The molecule has 0 radical (unpaired) electrons. The summed E-state index contributed by atoms with van der Waals surface area (Å²) >= 11 is 0. The van der Waals surface area contributed by atoms with Crippen molar-refractivity contribution in [2.24, 2.45) is 0 Å². The molecular formula is C15H21NO4. The molecule has 0 aliphatic rings. The molecule has 20 heavy (non-hydrogen) atoms. The van der Waals surface area contributed by atoms with Crippen molar-refractivity contribution in [3.05, 3.63) is 29.8 Å². The van der Waals surface area contributed by atoms with Gasteiger partial charge in [0, 0.05) is 11.1 Å². The zero-order chi connectivity index (χ0) is 15.2. The third kappa shape index (κ3) is 5.30. The predicted octanol–water partition coefficient (Wildman–Crippen LogP) is 2.00. The lowest BCUT2D eigenvalue weighted by Gasteiger charge is -2.24. The highest BCUT2D eigenvalue weighted by molar-refractivity contribution is 5.78. The summed E-state index contributed by atoms with van der Waals surface area (Å²) in [7, 11) is 0. The highest BCUT2D eigenvalue weighted by atomic mass is 16.5. The molecule has 0 saturated heterocycles. The molecule has 0 fully saturated rings. The van der Waals surface area contributed by atoms with Gasteiger partial charge in [-0.2, -0.15) is 0 Å². The topological polar surface area (TPSA) is 75.6 Å². The summed E-state index contributed by atoms with van der Waals surface area (Å²) in [5, 5.41) is 11.7. The van der Waals surface area contributed by atoms with Crippen LogP contribution >= 0.6 is 0 Å². The molecule has 0 aromatic heterocycles. The molecule has 1 aromatic rings. The van der Waals surface area contributed by atoms with Crippen LogP contribution in [0.1, 0.15) is 32.8 Å². The fourth-order valence-electron chi connectivity index (χ4n) is 1.60. The molecule has 1 rings (SSSR count). The van der Waals surface area contributed by atoms with Gasteiger partial charge < -0.3 is 15.2 Å². The molecule has 0 heterocycles. The van der Waals surface area contributed by atoms with Crippen molar-refractivity contribution >= 4 is 11.9 Å². The van der Waals surface area contributed by atoms with E-state index in [0.29, 0.717) is 11.3 Å². The molecule has 2 N–H and O–H groups in total. The molecule has 0 saturated carbocycles. The first-order valence-electron chi connectivity index (χ1n) is 6.57. The first-order chi connectivity index (χ1) is 9.34. The van der Waals surface area contributed by atoms with Crippen molar-refractivity contribution in [3.8, 4) is 5.75 Å². The quantitative estimate of drug-likeness (QED) is 0.800. The zero-order valence-corrected chi connectivity index (χ0v) is 12.1. The molecule has 0 spiro atoms. The fraction of sp³-hybridized carbons (Fsp3) is 0.467. The Morgan fingerprint density at radius 3 is 2.55 bits per heavy atom. The van der Waals surface area contributed by atoms with Crippen LogP contribution in [0.15, 0.2) is 24.3 Å². The number of carbonyl (C=O) groups is 2. The molecule has 5 heteroatoms. The number of rotatable bonds is 7. The monoisotopic (exact) mass is 279 g/mol. The molecule has 0 aliphatic carbocycles. The SMILES string of the molecule is CCC(C)(C)NC(=O)COc1ccccc1CC(=O)O. The lowest BCUT2D eigenvalue weighted by molar-refractivity contribution is -0.136. The van der Waals surface area contributed by atoms with Crippen LogP contribution in [0.5, 0.6) is 5.75 Å². The van der Waals surface area contributed by atoms with Gasteiger partial charge in [0.05, 0.1) is 6.42 Å². The summed E-state index contributed by atoms with van der Waals surface area (Å²) in [5.74, 6) is -0.723.